The first kappa shape index (κ1) is 17.5. The molecule has 1 aromatic heterocycles. The van der Waals surface area contributed by atoms with Gasteiger partial charge < -0.3 is 15.7 Å². The smallest absolute Gasteiger partial charge is 0.319 e. The van der Waals surface area contributed by atoms with Crippen molar-refractivity contribution in [3.63, 3.8) is 0 Å². The van der Waals surface area contributed by atoms with E-state index in [9.17, 15) is 14.7 Å². The quantitative estimate of drug-likeness (QED) is 0.784. The third-order valence-corrected chi connectivity index (χ3v) is 5.39. The Labute approximate surface area is 140 Å². The van der Waals surface area contributed by atoms with Gasteiger partial charge in [0.1, 0.15) is 0 Å². The molecule has 0 radical (unpaired) electrons. The number of pyridine rings is 1. The van der Waals surface area contributed by atoms with Crippen molar-refractivity contribution in [3.05, 3.63) is 23.0 Å². The second-order valence-electron chi connectivity index (χ2n) is 6.74. The van der Waals surface area contributed by atoms with Crippen LogP contribution in [0.2, 0.25) is 5.02 Å². The van der Waals surface area contributed by atoms with Gasteiger partial charge in [-0.15, -0.1) is 0 Å². The molecule has 1 unspecified atom stereocenters. The number of aromatic nitrogens is 1. The number of amides is 2. The number of carbonyl (C=O) groups is 2. The van der Waals surface area contributed by atoms with Crippen molar-refractivity contribution in [2.75, 3.05) is 5.32 Å². The van der Waals surface area contributed by atoms with E-state index in [1.165, 1.54) is 6.20 Å². The Kier molecular flexibility index (Phi) is 4.84. The average molecular weight is 340 g/mol. The van der Waals surface area contributed by atoms with Gasteiger partial charge in [0, 0.05) is 12.2 Å². The monoisotopic (exact) mass is 339 g/mol. The van der Waals surface area contributed by atoms with Crippen molar-refractivity contribution < 1.29 is 14.7 Å². The molecule has 1 fully saturated rings. The number of nitrogens with one attached hydrogen (secondary N) is 2. The second kappa shape index (κ2) is 6.35. The highest BCUT2D eigenvalue weighted by Gasteiger charge is 2.53. The fourth-order valence-electron chi connectivity index (χ4n) is 3.32. The van der Waals surface area contributed by atoms with Crippen molar-refractivity contribution in [2.45, 2.75) is 40.2 Å². The largest absolute Gasteiger partial charge is 0.481 e. The predicted octanol–water partition coefficient (Wildman–Crippen LogP) is 3.30. The maximum atomic E-state index is 12.1. The lowest BCUT2D eigenvalue weighted by Gasteiger charge is -2.52. The van der Waals surface area contributed by atoms with Crippen molar-refractivity contribution >= 4 is 29.3 Å². The van der Waals surface area contributed by atoms with Crippen LogP contribution in [0.25, 0.3) is 0 Å². The number of carboxylic acid groups (broad SMARTS) is 1. The summed E-state index contributed by atoms with van der Waals surface area (Å²) in [7, 11) is 0. The molecule has 126 valence electrons. The molecule has 0 bridgehead atoms. The molecule has 6 nitrogen and oxygen atoms in total. The maximum absolute atomic E-state index is 12.1. The Balaban J connectivity index is 1.96. The molecule has 2 amide bonds. The van der Waals surface area contributed by atoms with E-state index in [1.54, 1.807) is 13.1 Å². The van der Waals surface area contributed by atoms with Gasteiger partial charge in [-0.1, -0.05) is 25.4 Å². The molecule has 0 spiro atoms. The number of urea groups is 1. The molecule has 0 aliphatic heterocycles. The molecule has 1 aliphatic carbocycles. The molecule has 0 aromatic carbocycles. The number of nitrogens with zero attached hydrogens (tertiary/aromatic N) is 1. The minimum absolute atomic E-state index is 0.118. The van der Waals surface area contributed by atoms with Gasteiger partial charge in [0.2, 0.25) is 0 Å². The first-order valence-electron chi connectivity index (χ1n) is 7.55. The van der Waals surface area contributed by atoms with Gasteiger partial charge >= 0.3 is 12.0 Å². The van der Waals surface area contributed by atoms with Crippen LogP contribution >= 0.6 is 11.6 Å². The molecule has 7 heteroatoms. The van der Waals surface area contributed by atoms with Crippen molar-refractivity contribution in [1.29, 1.82) is 0 Å². The van der Waals surface area contributed by atoms with Crippen molar-refractivity contribution in [2.24, 2.45) is 17.3 Å². The van der Waals surface area contributed by atoms with E-state index < -0.39 is 5.97 Å². The minimum atomic E-state index is -0.775. The fraction of sp³-hybridized carbons (Fsp3) is 0.562. The summed E-state index contributed by atoms with van der Waals surface area (Å²) in [6.07, 6.45) is 3.63. The molecule has 23 heavy (non-hydrogen) atoms. The Morgan fingerprint density at radius 2 is 2.09 bits per heavy atom. The van der Waals surface area contributed by atoms with Gasteiger partial charge in [-0.25, -0.2) is 4.79 Å². The normalized spacial score (nSPS) is 23.5. The van der Waals surface area contributed by atoms with E-state index in [2.05, 4.69) is 15.6 Å². The van der Waals surface area contributed by atoms with E-state index in [0.29, 0.717) is 17.1 Å². The average Bonchev–Trinajstić information content (AvgIpc) is 2.42. The summed E-state index contributed by atoms with van der Waals surface area (Å²) in [6, 6.07) is -0.479. The van der Waals surface area contributed by atoms with Crippen LogP contribution in [0.5, 0.6) is 0 Å². The summed E-state index contributed by atoms with van der Waals surface area (Å²) in [4.78, 5) is 27.3. The standard InChI is InChI=1S/C16H22ClN3O3/c1-8-12(17)6-18-7-13(8)20-15(23)19-9(2)10-5-11(14(21)22)16(10,3)4/h6-7,9-11H,5H2,1-4H3,(H,21,22)(H2,19,20,23)/t9?,10-,11+/m0/s1. The third-order valence-electron chi connectivity index (χ3n) is 5.01. The molecule has 3 atom stereocenters. The summed E-state index contributed by atoms with van der Waals surface area (Å²) in [5.41, 5.74) is 0.962. The van der Waals surface area contributed by atoms with Gasteiger partial charge in [-0.05, 0) is 37.2 Å². The summed E-state index contributed by atoms with van der Waals surface area (Å²) in [5, 5.41) is 15.3. The molecule has 3 N–H and O–H groups in total. The molecule has 0 saturated heterocycles. The lowest BCUT2D eigenvalue weighted by molar-refractivity contribution is -0.160. The van der Waals surface area contributed by atoms with Crippen molar-refractivity contribution in [1.82, 2.24) is 10.3 Å². The van der Waals surface area contributed by atoms with Crippen molar-refractivity contribution in [3.8, 4) is 0 Å². The number of halogens is 1. The molecular formula is C16H22ClN3O3. The van der Waals surface area contributed by atoms with Crippen LogP contribution in [0, 0.1) is 24.2 Å². The van der Waals surface area contributed by atoms with E-state index in [-0.39, 0.29) is 29.3 Å². The number of hydrogen-bond donors (Lipinski definition) is 3. The summed E-state index contributed by atoms with van der Waals surface area (Å²) >= 11 is 5.98. The lowest BCUT2D eigenvalue weighted by atomic mass is 9.53. The van der Waals surface area contributed by atoms with Gasteiger partial charge in [0.15, 0.2) is 0 Å². The number of hydrogen-bond acceptors (Lipinski definition) is 3. The Hall–Kier alpha value is -1.82. The first-order chi connectivity index (χ1) is 10.6. The Morgan fingerprint density at radius 1 is 1.43 bits per heavy atom. The molecule has 1 saturated carbocycles. The molecule has 1 aliphatic rings. The van der Waals surface area contributed by atoms with Crippen LogP contribution in [0.15, 0.2) is 12.4 Å². The van der Waals surface area contributed by atoms with E-state index in [0.717, 1.165) is 5.56 Å². The molecule has 1 heterocycles. The molecule has 1 aromatic rings. The van der Waals surface area contributed by atoms with E-state index >= 15 is 0 Å². The Bertz CT molecular complexity index is 633. The SMILES string of the molecule is Cc1c(Cl)cncc1NC(=O)NC(C)[C@@H]1C[C@H](C(=O)O)C1(C)C. The number of carboxylic acids is 1. The van der Waals surface area contributed by atoms with Gasteiger partial charge in [-0.3, -0.25) is 9.78 Å². The van der Waals surface area contributed by atoms with Gasteiger partial charge in [0.25, 0.3) is 0 Å². The highest BCUT2D eigenvalue weighted by molar-refractivity contribution is 6.31. The van der Waals surface area contributed by atoms with Crippen LogP contribution < -0.4 is 10.6 Å². The van der Waals surface area contributed by atoms with Crippen LogP contribution in [0.1, 0.15) is 32.8 Å². The number of carbonyl (C=O) groups excluding carboxylic acids is 1. The van der Waals surface area contributed by atoms with Crippen LogP contribution in [0.3, 0.4) is 0 Å². The highest BCUT2D eigenvalue weighted by atomic mass is 35.5. The van der Waals surface area contributed by atoms with Crippen LogP contribution in [-0.2, 0) is 4.79 Å². The maximum Gasteiger partial charge on any atom is 0.319 e. The lowest BCUT2D eigenvalue weighted by Crippen LogP contribution is -2.57. The first-order valence-corrected chi connectivity index (χ1v) is 7.92. The predicted molar refractivity (Wildman–Crippen MR) is 88.6 cm³/mol. The zero-order chi connectivity index (χ0) is 17.4. The zero-order valence-electron chi connectivity index (χ0n) is 13.7. The fourth-order valence-corrected chi connectivity index (χ4v) is 3.48. The Morgan fingerprint density at radius 3 is 2.65 bits per heavy atom. The van der Waals surface area contributed by atoms with Crippen LogP contribution in [-0.4, -0.2) is 28.1 Å². The molecule has 2 rings (SSSR count). The van der Waals surface area contributed by atoms with E-state index in [4.69, 9.17) is 11.6 Å². The second-order valence-corrected chi connectivity index (χ2v) is 7.14. The number of aliphatic carboxylic acids is 1. The molecular weight excluding hydrogens is 318 g/mol. The van der Waals surface area contributed by atoms with Gasteiger partial charge in [-0.2, -0.15) is 0 Å². The summed E-state index contributed by atoms with van der Waals surface area (Å²) < 4.78 is 0. The summed E-state index contributed by atoms with van der Waals surface area (Å²) in [6.45, 7) is 7.56. The van der Waals surface area contributed by atoms with Crippen LogP contribution in [0.4, 0.5) is 10.5 Å². The summed E-state index contributed by atoms with van der Waals surface area (Å²) in [5.74, 6) is -1.02. The van der Waals surface area contributed by atoms with Gasteiger partial charge in [0.05, 0.1) is 22.8 Å². The van der Waals surface area contributed by atoms with E-state index in [1.807, 2.05) is 20.8 Å². The third kappa shape index (κ3) is 3.42. The minimum Gasteiger partial charge on any atom is -0.481 e. The highest BCUT2D eigenvalue weighted by Crippen LogP contribution is 2.52. The number of rotatable bonds is 4. The number of anilines is 1. The zero-order valence-corrected chi connectivity index (χ0v) is 14.4. The topological polar surface area (TPSA) is 91.3 Å².